The normalized spacial score (nSPS) is 25.0. The first-order chi connectivity index (χ1) is 15.4. The number of carbonyl (C=O) groups excluding carboxylic acids is 1. The van der Waals surface area contributed by atoms with E-state index >= 15 is 0 Å². The SMILES string of the molecule is Cc1ccc(C(C)C)c(OC(=O)C23CCC(C)(c4nc5cc(C)c(C)cc5nc42)C3(C)C)c1. The van der Waals surface area contributed by atoms with Gasteiger partial charge >= 0.3 is 5.97 Å². The first-order valence-electron chi connectivity index (χ1n) is 12.1. The molecule has 1 aromatic heterocycles. The van der Waals surface area contributed by atoms with Crippen LogP contribution in [0.1, 0.15) is 87.0 Å². The van der Waals surface area contributed by atoms with Crippen LogP contribution in [0, 0.1) is 26.2 Å². The van der Waals surface area contributed by atoms with Crippen molar-refractivity contribution in [3.63, 3.8) is 0 Å². The number of hydrogen-bond donors (Lipinski definition) is 0. The molecule has 1 heterocycles. The lowest BCUT2D eigenvalue weighted by Gasteiger charge is -2.38. The molecule has 0 amide bonds. The quantitative estimate of drug-likeness (QED) is 0.338. The predicted octanol–water partition coefficient (Wildman–Crippen LogP) is 6.61. The number of aryl methyl sites for hydroxylation is 3. The third-order valence-electron chi connectivity index (χ3n) is 9.00. The standard InChI is InChI=1S/C29H34N2O2/c1-16(2)20-10-9-17(3)13-23(20)33-26(32)29-12-11-28(8,27(29,6)7)24-25(29)31-22-15-19(5)18(4)14-21(22)30-24/h9-10,13-16H,11-12H2,1-8H3. The zero-order chi connectivity index (χ0) is 23.9. The molecule has 0 saturated heterocycles. The molecule has 1 fully saturated rings. The molecule has 172 valence electrons. The van der Waals surface area contributed by atoms with Gasteiger partial charge < -0.3 is 4.74 Å². The fourth-order valence-corrected chi connectivity index (χ4v) is 6.20. The van der Waals surface area contributed by atoms with Crippen molar-refractivity contribution in [3.05, 3.63) is 64.0 Å². The molecular formula is C29H34N2O2. The van der Waals surface area contributed by atoms with Crippen LogP contribution >= 0.6 is 0 Å². The average Bonchev–Trinajstić information content (AvgIpc) is 3.02. The van der Waals surface area contributed by atoms with Gasteiger partial charge in [-0.1, -0.05) is 46.8 Å². The maximum absolute atomic E-state index is 14.2. The van der Waals surface area contributed by atoms with Gasteiger partial charge in [0.15, 0.2) is 0 Å². The van der Waals surface area contributed by atoms with Gasteiger partial charge in [-0.05, 0) is 85.4 Å². The third-order valence-corrected chi connectivity index (χ3v) is 9.00. The first kappa shape index (κ1) is 22.1. The van der Waals surface area contributed by atoms with Gasteiger partial charge in [-0.15, -0.1) is 0 Å². The van der Waals surface area contributed by atoms with Crippen molar-refractivity contribution in [2.75, 3.05) is 0 Å². The van der Waals surface area contributed by atoms with Crippen LogP contribution in [0.15, 0.2) is 30.3 Å². The number of nitrogens with zero attached hydrogens (tertiary/aromatic N) is 2. The van der Waals surface area contributed by atoms with Gasteiger partial charge in [0.2, 0.25) is 0 Å². The second-order valence-corrected chi connectivity index (χ2v) is 11.3. The van der Waals surface area contributed by atoms with Gasteiger partial charge in [0.05, 0.1) is 22.4 Å². The molecule has 0 radical (unpaired) electrons. The minimum atomic E-state index is -0.810. The highest BCUT2D eigenvalue weighted by Crippen LogP contribution is 2.70. The monoisotopic (exact) mass is 442 g/mol. The van der Waals surface area contributed by atoms with E-state index in [0.717, 1.165) is 46.4 Å². The largest absolute Gasteiger partial charge is 0.425 e. The summed E-state index contributed by atoms with van der Waals surface area (Å²) in [6, 6.07) is 10.3. The number of rotatable bonds is 3. The molecule has 2 atom stereocenters. The van der Waals surface area contributed by atoms with Crippen LogP contribution in [0.25, 0.3) is 11.0 Å². The summed E-state index contributed by atoms with van der Waals surface area (Å²) in [5.74, 6) is 0.737. The van der Waals surface area contributed by atoms with Crippen molar-refractivity contribution in [2.45, 2.75) is 85.0 Å². The summed E-state index contributed by atoms with van der Waals surface area (Å²) < 4.78 is 6.28. The molecule has 0 spiro atoms. The first-order valence-corrected chi connectivity index (χ1v) is 12.1. The van der Waals surface area contributed by atoms with E-state index in [-0.39, 0.29) is 22.7 Å². The van der Waals surface area contributed by atoms with Crippen LogP contribution in [0.2, 0.25) is 0 Å². The number of ether oxygens (including phenoxy) is 1. The van der Waals surface area contributed by atoms with E-state index in [2.05, 4.69) is 72.7 Å². The van der Waals surface area contributed by atoms with E-state index in [0.29, 0.717) is 5.75 Å². The number of carbonyl (C=O) groups is 1. The zero-order valence-corrected chi connectivity index (χ0v) is 21.1. The Morgan fingerprint density at radius 2 is 1.52 bits per heavy atom. The Bertz CT molecular complexity index is 1320. The second-order valence-electron chi connectivity index (χ2n) is 11.3. The number of esters is 1. The van der Waals surface area contributed by atoms with E-state index < -0.39 is 5.41 Å². The lowest BCUT2D eigenvalue weighted by atomic mass is 9.64. The fourth-order valence-electron chi connectivity index (χ4n) is 6.20. The molecule has 4 nitrogen and oxygen atoms in total. The smallest absolute Gasteiger partial charge is 0.324 e. The molecule has 0 aliphatic heterocycles. The van der Waals surface area contributed by atoms with E-state index in [4.69, 9.17) is 14.7 Å². The summed E-state index contributed by atoms with van der Waals surface area (Å²) in [7, 11) is 0. The van der Waals surface area contributed by atoms with E-state index in [1.165, 1.54) is 11.1 Å². The van der Waals surface area contributed by atoms with Crippen LogP contribution in [0.4, 0.5) is 0 Å². The molecular weight excluding hydrogens is 408 g/mol. The Kier molecular flexibility index (Phi) is 4.60. The summed E-state index contributed by atoms with van der Waals surface area (Å²) >= 11 is 0. The van der Waals surface area contributed by atoms with Crippen LogP contribution < -0.4 is 4.74 Å². The van der Waals surface area contributed by atoms with Crippen molar-refractivity contribution in [1.29, 1.82) is 0 Å². The molecule has 2 bridgehead atoms. The summed E-state index contributed by atoms with van der Waals surface area (Å²) in [6.45, 7) is 17.1. The number of benzene rings is 2. The summed E-state index contributed by atoms with van der Waals surface area (Å²) in [5.41, 5.74) is 6.69. The summed E-state index contributed by atoms with van der Waals surface area (Å²) in [5, 5.41) is 0. The summed E-state index contributed by atoms with van der Waals surface area (Å²) in [6.07, 6.45) is 1.63. The minimum Gasteiger partial charge on any atom is -0.425 e. The Morgan fingerprint density at radius 3 is 2.12 bits per heavy atom. The second kappa shape index (κ2) is 6.88. The third kappa shape index (κ3) is 2.73. The summed E-state index contributed by atoms with van der Waals surface area (Å²) in [4.78, 5) is 24.4. The van der Waals surface area contributed by atoms with Crippen LogP contribution in [0.3, 0.4) is 0 Å². The Hall–Kier alpha value is -2.75. The molecule has 0 N–H and O–H groups in total. The lowest BCUT2D eigenvalue weighted by molar-refractivity contribution is -0.145. The van der Waals surface area contributed by atoms with Gasteiger partial charge in [0, 0.05) is 5.41 Å². The maximum atomic E-state index is 14.2. The van der Waals surface area contributed by atoms with Crippen molar-refractivity contribution < 1.29 is 9.53 Å². The van der Waals surface area contributed by atoms with Crippen molar-refractivity contribution >= 4 is 17.0 Å². The molecule has 33 heavy (non-hydrogen) atoms. The van der Waals surface area contributed by atoms with E-state index in [9.17, 15) is 4.79 Å². The van der Waals surface area contributed by atoms with Crippen molar-refractivity contribution in [2.24, 2.45) is 5.41 Å². The number of fused-ring (bicyclic) bond motifs is 6. The minimum absolute atomic E-state index is 0.194. The van der Waals surface area contributed by atoms with Gasteiger partial charge in [0.1, 0.15) is 11.2 Å². The topological polar surface area (TPSA) is 52.1 Å². The molecule has 1 saturated carbocycles. The molecule has 3 aromatic rings. The molecule has 2 aromatic carbocycles. The van der Waals surface area contributed by atoms with Gasteiger partial charge in [-0.2, -0.15) is 0 Å². The van der Waals surface area contributed by atoms with Gasteiger partial charge in [0.25, 0.3) is 0 Å². The van der Waals surface area contributed by atoms with E-state index in [1.807, 2.05) is 13.0 Å². The average molecular weight is 443 g/mol. The zero-order valence-electron chi connectivity index (χ0n) is 21.1. The Labute approximate surface area is 196 Å². The van der Waals surface area contributed by atoms with Crippen molar-refractivity contribution in [3.8, 4) is 5.75 Å². The lowest BCUT2D eigenvalue weighted by Crippen LogP contribution is -2.48. The highest BCUT2D eigenvalue weighted by molar-refractivity contribution is 5.91. The van der Waals surface area contributed by atoms with Crippen LogP contribution in [-0.4, -0.2) is 15.9 Å². The Balaban J connectivity index is 1.70. The molecule has 5 rings (SSSR count). The number of hydrogen-bond acceptors (Lipinski definition) is 4. The van der Waals surface area contributed by atoms with Crippen LogP contribution in [-0.2, 0) is 15.6 Å². The maximum Gasteiger partial charge on any atom is 0.324 e. The van der Waals surface area contributed by atoms with Gasteiger partial charge in [-0.3, -0.25) is 4.79 Å². The highest BCUT2D eigenvalue weighted by Gasteiger charge is 2.74. The molecule has 2 unspecified atom stereocenters. The molecule has 2 aliphatic carbocycles. The predicted molar refractivity (Wildman–Crippen MR) is 132 cm³/mol. The van der Waals surface area contributed by atoms with Crippen molar-refractivity contribution in [1.82, 2.24) is 9.97 Å². The molecule has 4 heteroatoms. The van der Waals surface area contributed by atoms with E-state index in [1.54, 1.807) is 0 Å². The Morgan fingerprint density at radius 1 is 0.909 bits per heavy atom. The highest BCUT2D eigenvalue weighted by atomic mass is 16.5. The number of aromatic nitrogens is 2. The fraction of sp³-hybridized carbons (Fsp3) is 0.483. The molecule has 2 aliphatic rings. The van der Waals surface area contributed by atoms with Gasteiger partial charge in [-0.25, -0.2) is 9.97 Å². The van der Waals surface area contributed by atoms with Crippen LogP contribution in [0.5, 0.6) is 5.75 Å².